The van der Waals surface area contributed by atoms with Crippen LogP contribution in [-0.2, 0) is 0 Å². The van der Waals surface area contributed by atoms with Crippen LogP contribution in [0.15, 0.2) is 91.4 Å². The molecule has 1 atom stereocenters. The number of hydrogen-bond donors (Lipinski definition) is 2. The van der Waals surface area contributed by atoms with Gasteiger partial charge in [0.1, 0.15) is 23.6 Å². The molecule has 0 unspecified atom stereocenters. The van der Waals surface area contributed by atoms with E-state index >= 15 is 0 Å². The first-order valence-corrected chi connectivity index (χ1v) is 10.3. The van der Waals surface area contributed by atoms with Crippen molar-refractivity contribution in [3.05, 3.63) is 97.0 Å². The van der Waals surface area contributed by atoms with Gasteiger partial charge in [0.05, 0.1) is 17.1 Å². The highest BCUT2D eigenvalue weighted by molar-refractivity contribution is 5.78. The Hall–Kier alpha value is -4.39. The molecule has 0 saturated heterocycles. The standard InChI is InChI=1S/C25H22N6O/c1-17(18-5-3-2-4-6-18)29-25-27-14-13-24(30-25)31-16-28-22-15-21(11-12-23(22)31)32-20-9-7-19(26)8-10-20/h2-17H,26H2,1H3,(H,27,29,30)/t17-/m0/s1. The van der Waals surface area contributed by atoms with Crippen molar-refractivity contribution in [1.82, 2.24) is 19.5 Å². The van der Waals surface area contributed by atoms with Crippen molar-refractivity contribution in [2.24, 2.45) is 0 Å². The minimum absolute atomic E-state index is 0.0824. The third-order valence-corrected chi connectivity index (χ3v) is 5.17. The Morgan fingerprint density at radius 3 is 2.50 bits per heavy atom. The summed E-state index contributed by atoms with van der Waals surface area (Å²) in [6.45, 7) is 2.08. The lowest BCUT2D eigenvalue weighted by Crippen LogP contribution is -2.10. The van der Waals surface area contributed by atoms with Crippen molar-refractivity contribution in [2.45, 2.75) is 13.0 Å². The molecule has 7 heteroatoms. The first-order chi connectivity index (χ1) is 15.7. The van der Waals surface area contributed by atoms with Gasteiger partial charge in [-0.2, -0.15) is 4.98 Å². The monoisotopic (exact) mass is 422 g/mol. The third-order valence-electron chi connectivity index (χ3n) is 5.17. The predicted molar refractivity (Wildman–Crippen MR) is 126 cm³/mol. The molecule has 0 aliphatic rings. The molecule has 0 fully saturated rings. The van der Waals surface area contributed by atoms with Crippen LogP contribution < -0.4 is 15.8 Å². The van der Waals surface area contributed by atoms with Gasteiger partial charge < -0.3 is 15.8 Å². The summed E-state index contributed by atoms with van der Waals surface area (Å²) in [5.74, 6) is 2.72. The van der Waals surface area contributed by atoms with E-state index in [-0.39, 0.29) is 6.04 Å². The molecular weight excluding hydrogens is 400 g/mol. The van der Waals surface area contributed by atoms with E-state index in [0.717, 1.165) is 22.6 Å². The average Bonchev–Trinajstić information content (AvgIpc) is 3.25. The molecule has 3 aromatic carbocycles. The maximum Gasteiger partial charge on any atom is 0.225 e. The number of nitrogens with two attached hydrogens (primary N) is 1. The first kappa shape index (κ1) is 19.6. The number of imidazole rings is 1. The summed E-state index contributed by atoms with van der Waals surface area (Å²) >= 11 is 0. The van der Waals surface area contributed by atoms with Gasteiger partial charge in [0, 0.05) is 18.0 Å². The summed E-state index contributed by atoms with van der Waals surface area (Å²) < 4.78 is 7.85. The van der Waals surface area contributed by atoms with E-state index in [1.165, 1.54) is 5.56 Å². The zero-order chi connectivity index (χ0) is 21.9. The lowest BCUT2D eigenvalue weighted by Gasteiger charge is -2.14. The Kier molecular flexibility index (Phi) is 5.13. The molecule has 158 valence electrons. The summed E-state index contributed by atoms with van der Waals surface area (Å²) in [6.07, 6.45) is 3.50. The molecule has 0 amide bonds. The van der Waals surface area contributed by atoms with E-state index in [1.807, 2.05) is 71.3 Å². The number of rotatable bonds is 6. The van der Waals surface area contributed by atoms with Gasteiger partial charge in [-0.15, -0.1) is 0 Å². The number of benzene rings is 3. The molecule has 0 aliphatic heterocycles. The molecule has 0 saturated carbocycles. The second-order valence-corrected chi connectivity index (χ2v) is 7.45. The quantitative estimate of drug-likeness (QED) is 0.358. The zero-order valence-corrected chi connectivity index (χ0v) is 17.5. The topological polar surface area (TPSA) is 90.9 Å². The predicted octanol–water partition coefficient (Wildman–Crippen LogP) is 5.36. The Morgan fingerprint density at radius 1 is 0.906 bits per heavy atom. The first-order valence-electron chi connectivity index (χ1n) is 10.3. The van der Waals surface area contributed by atoms with Gasteiger partial charge in [-0.05, 0) is 55.0 Å². The van der Waals surface area contributed by atoms with E-state index in [4.69, 9.17) is 10.5 Å². The molecule has 0 spiro atoms. The fraction of sp³-hybridized carbons (Fsp3) is 0.0800. The highest BCUT2D eigenvalue weighted by Crippen LogP contribution is 2.27. The number of aromatic nitrogens is 4. The van der Waals surface area contributed by atoms with Gasteiger partial charge in [0.15, 0.2) is 0 Å². The molecule has 2 aromatic heterocycles. The average molecular weight is 422 g/mol. The Morgan fingerprint density at radius 2 is 1.69 bits per heavy atom. The van der Waals surface area contributed by atoms with Crippen LogP contribution in [0.5, 0.6) is 11.5 Å². The fourth-order valence-corrected chi connectivity index (χ4v) is 3.48. The molecule has 0 aliphatic carbocycles. The van der Waals surface area contributed by atoms with Crippen LogP contribution in [0, 0.1) is 0 Å². The molecule has 5 rings (SSSR count). The maximum absolute atomic E-state index is 5.92. The second kappa shape index (κ2) is 8.39. The molecule has 5 aromatic rings. The largest absolute Gasteiger partial charge is 0.457 e. The smallest absolute Gasteiger partial charge is 0.225 e. The normalized spacial score (nSPS) is 11.9. The second-order valence-electron chi connectivity index (χ2n) is 7.45. The Bertz CT molecular complexity index is 1350. The van der Waals surface area contributed by atoms with E-state index in [9.17, 15) is 0 Å². The number of nitrogens with one attached hydrogen (secondary N) is 1. The third kappa shape index (κ3) is 4.09. The number of nitrogens with zero attached hydrogens (tertiary/aromatic N) is 4. The van der Waals surface area contributed by atoms with Gasteiger partial charge in [-0.3, -0.25) is 4.57 Å². The van der Waals surface area contributed by atoms with Crippen LogP contribution in [0.3, 0.4) is 0 Å². The zero-order valence-electron chi connectivity index (χ0n) is 17.5. The van der Waals surface area contributed by atoms with Crippen LogP contribution in [0.4, 0.5) is 11.6 Å². The van der Waals surface area contributed by atoms with Crippen molar-refractivity contribution in [3.8, 4) is 17.3 Å². The van der Waals surface area contributed by atoms with Crippen molar-refractivity contribution in [3.63, 3.8) is 0 Å². The highest BCUT2D eigenvalue weighted by atomic mass is 16.5. The molecule has 32 heavy (non-hydrogen) atoms. The number of hydrogen-bond acceptors (Lipinski definition) is 6. The van der Waals surface area contributed by atoms with Gasteiger partial charge in [-0.25, -0.2) is 9.97 Å². The number of fused-ring (bicyclic) bond motifs is 1. The number of nitrogen functional groups attached to an aromatic ring is 1. The molecular formula is C25H22N6O. The highest BCUT2D eigenvalue weighted by Gasteiger charge is 2.11. The van der Waals surface area contributed by atoms with Gasteiger partial charge in [0.25, 0.3) is 0 Å². The molecule has 0 bridgehead atoms. The van der Waals surface area contributed by atoms with Crippen molar-refractivity contribution >= 4 is 22.7 Å². The number of anilines is 2. The summed E-state index contributed by atoms with van der Waals surface area (Å²) in [6, 6.07) is 25.2. The van der Waals surface area contributed by atoms with Crippen LogP contribution >= 0.6 is 0 Å². The Labute approximate surface area is 185 Å². The van der Waals surface area contributed by atoms with E-state index < -0.39 is 0 Å². The van der Waals surface area contributed by atoms with E-state index in [2.05, 4.69) is 39.3 Å². The minimum atomic E-state index is 0.0824. The summed E-state index contributed by atoms with van der Waals surface area (Å²) in [5, 5.41) is 3.36. The lowest BCUT2D eigenvalue weighted by atomic mass is 10.1. The molecule has 3 N–H and O–H groups in total. The number of ether oxygens (including phenoxy) is 1. The van der Waals surface area contributed by atoms with E-state index in [1.54, 1.807) is 12.5 Å². The van der Waals surface area contributed by atoms with Gasteiger partial charge in [-0.1, -0.05) is 30.3 Å². The summed E-state index contributed by atoms with van der Waals surface area (Å²) in [4.78, 5) is 13.6. The van der Waals surface area contributed by atoms with Crippen LogP contribution in [0.25, 0.3) is 16.9 Å². The summed E-state index contributed by atoms with van der Waals surface area (Å²) in [7, 11) is 0. The molecule has 7 nitrogen and oxygen atoms in total. The lowest BCUT2D eigenvalue weighted by molar-refractivity contribution is 0.483. The molecule has 2 heterocycles. The Balaban J connectivity index is 1.39. The van der Waals surface area contributed by atoms with Crippen molar-refractivity contribution in [1.29, 1.82) is 0 Å². The summed E-state index contributed by atoms with van der Waals surface area (Å²) in [5.41, 5.74) is 9.34. The fourth-order valence-electron chi connectivity index (χ4n) is 3.48. The van der Waals surface area contributed by atoms with Gasteiger partial charge in [0.2, 0.25) is 5.95 Å². The van der Waals surface area contributed by atoms with Crippen LogP contribution in [0.1, 0.15) is 18.5 Å². The van der Waals surface area contributed by atoms with Crippen molar-refractivity contribution < 1.29 is 4.74 Å². The SMILES string of the molecule is C[C@H](Nc1nccc(-n2cnc3cc(Oc4ccc(N)cc4)ccc32)n1)c1ccccc1. The van der Waals surface area contributed by atoms with E-state index in [0.29, 0.717) is 17.4 Å². The molecule has 0 radical (unpaired) electrons. The maximum atomic E-state index is 5.92. The van der Waals surface area contributed by atoms with Crippen LogP contribution in [0.2, 0.25) is 0 Å². The minimum Gasteiger partial charge on any atom is -0.457 e. The van der Waals surface area contributed by atoms with Crippen molar-refractivity contribution in [2.75, 3.05) is 11.1 Å². The van der Waals surface area contributed by atoms with Gasteiger partial charge >= 0.3 is 0 Å². The van der Waals surface area contributed by atoms with Crippen LogP contribution in [-0.4, -0.2) is 19.5 Å².